The first-order valence-corrected chi connectivity index (χ1v) is 7.28. The normalized spacial score (nSPS) is 16.7. The van der Waals surface area contributed by atoms with Crippen molar-refractivity contribution in [2.45, 2.75) is 45.1 Å². The van der Waals surface area contributed by atoms with Gasteiger partial charge < -0.3 is 15.2 Å². The predicted octanol–water partition coefficient (Wildman–Crippen LogP) is 2.98. The molecule has 0 saturated heterocycles. The highest BCUT2D eigenvalue weighted by atomic mass is 16.5. The maximum Gasteiger partial charge on any atom is 0.335 e. The third-order valence-electron chi connectivity index (χ3n) is 3.98. The lowest BCUT2D eigenvalue weighted by atomic mass is 10.00. The number of hydrogen-bond donors (Lipinski definition) is 2. The van der Waals surface area contributed by atoms with Crippen molar-refractivity contribution in [3.8, 4) is 0 Å². The van der Waals surface area contributed by atoms with Crippen LogP contribution in [0.4, 0.5) is 5.69 Å². The quantitative estimate of drug-likeness (QED) is 0.874. The van der Waals surface area contributed by atoms with Crippen molar-refractivity contribution in [2.75, 3.05) is 11.9 Å². The molecule has 0 atom stereocenters. The smallest absolute Gasteiger partial charge is 0.335 e. The van der Waals surface area contributed by atoms with E-state index in [9.17, 15) is 9.59 Å². The van der Waals surface area contributed by atoms with E-state index in [1.165, 1.54) is 12.1 Å². The van der Waals surface area contributed by atoms with Gasteiger partial charge in [0.2, 0.25) is 0 Å². The first-order valence-electron chi connectivity index (χ1n) is 7.28. The molecule has 0 aromatic heterocycles. The summed E-state index contributed by atoms with van der Waals surface area (Å²) in [4.78, 5) is 23.6. The van der Waals surface area contributed by atoms with E-state index in [1.54, 1.807) is 6.07 Å². The van der Waals surface area contributed by atoms with Gasteiger partial charge in [-0.2, -0.15) is 0 Å². The van der Waals surface area contributed by atoms with Crippen LogP contribution in [0, 0.1) is 6.92 Å². The minimum Gasteiger partial charge on any atom is -0.478 e. The Hall–Kier alpha value is -1.88. The van der Waals surface area contributed by atoms with Gasteiger partial charge in [0.25, 0.3) is 5.91 Å². The van der Waals surface area contributed by atoms with Crippen LogP contribution in [0.1, 0.15) is 48.5 Å². The van der Waals surface area contributed by atoms with Crippen LogP contribution in [0.25, 0.3) is 0 Å². The number of carbonyl (C=O) groups is 2. The number of amides is 1. The van der Waals surface area contributed by atoms with Crippen LogP contribution in [0.15, 0.2) is 18.2 Å². The Morgan fingerprint density at radius 2 is 2.00 bits per heavy atom. The molecule has 2 N–H and O–H groups in total. The average molecular weight is 291 g/mol. The van der Waals surface area contributed by atoms with Crippen LogP contribution < -0.4 is 5.32 Å². The molecule has 5 nitrogen and oxygen atoms in total. The average Bonchev–Trinajstić information content (AvgIpc) is 2.91. The summed E-state index contributed by atoms with van der Waals surface area (Å²) in [6.45, 7) is 4.20. The van der Waals surface area contributed by atoms with E-state index in [0.717, 1.165) is 18.4 Å². The molecule has 1 aliphatic carbocycles. The largest absolute Gasteiger partial charge is 0.478 e. The fraction of sp³-hybridized carbons (Fsp3) is 0.500. The number of benzene rings is 1. The number of anilines is 1. The SMILES string of the molecule is CCOC1(C(=O)Nc2cc(C(=O)O)ccc2C)CCCC1. The van der Waals surface area contributed by atoms with Gasteiger partial charge in [-0.05, 0) is 57.2 Å². The Bertz CT molecular complexity index is 547. The molecule has 21 heavy (non-hydrogen) atoms. The summed E-state index contributed by atoms with van der Waals surface area (Å²) in [5.41, 5.74) is 0.761. The second-order valence-electron chi connectivity index (χ2n) is 5.42. The molecule has 0 unspecified atom stereocenters. The third kappa shape index (κ3) is 3.24. The molecule has 1 aliphatic rings. The van der Waals surface area contributed by atoms with Gasteiger partial charge in [-0.25, -0.2) is 4.79 Å². The molecule has 0 spiro atoms. The third-order valence-corrected chi connectivity index (χ3v) is 3.98. The molecular formula is C16H21NO4. The summed E-state index contributed by atoms with van der Waals surface area (Å²) < 4.78 is 5.71. The number of carbonyl (C=O) groups excluding carboxylic acids is 1. The van der Waals surface area contributed by atoms with Gasteiger partial charge in [0.1, 0.15) is 5.60 Å². The molecule has 114 valence electrons. The zero-order valence-corrected chi connectivity index (χ0v) is 12.4. The van der Waals surface area contributed by atoms with Crippen LogP contribution in [0.2, 0.25) is 0 Å². The lowest BCUT2D eigenvalue weighted by molar-refractivity contribution is -0.140. The molecule has 0 bridgehead atoms. The molecule has 1 saturated carbocycles. The molecule has 0 heterocycles. The van der Waals surface area contributed by atoms with Crippen LogP contribution in [0.3, 0.4) is 0 Å². The predicted molar refractivity (Wildman–Crippen MR) is 79.6 cm³/mol. The molecule has 0 radical (unpaired) electrons. The second-order valence-corrected chi connectivity index (χ2v) is 5.42. The lowest BCUT2D eigenvalue weighted by Gasteiger charge is -2.27. The van der Waals surface area contributed by atoms with Gasteiger partial charge in [0.15, 0.2) is 0 Å². The second kappa shape index (κ2) is 6.26. The minimum atomic E-state index is -1.01. The van der Waals surface area contributed by atoms with Gasteiger partial charge in [0.05, 0.1) is 5.56 Å². The number of hydrogen-bond acceptors (Lipinski definition) is 3. The number of rotatable bonds is 5. The van der Waals surface area contributed by atoms with Gasteiger partial charge in [-0.3, -0.25) is 4.79 Å². The van der Waals surface area contributed by atoms with Crippen molar-refractivity contribution in [1.29, 1.82) is 0 Å². The summed E-state index contributed by atoms with van der Waals surface area (Å²) >= 11 is 0. The molecule has 0 aliphatic heterocycles. The van der Waals surface area contributed by atoms with E-state index in [4.69, 9.17) is 9.84 Å². The van der Waals surface area contributed by atoms with E-state index in [0.29, 0.717) is 25.1 Å². The van der Waals surface area contributed by atoms with Crippen molar-refractivity contribution in [2.24, 2.45) is 0 Å². The fourth-order valence-corrected chi connectivity index (χ4v) is 2.79. The summed E-state index contributed by atoms with van der Waals surface area (Å²) in [5.74, 6) is -1.18. The zero-order valence-electron chi connectivity index (χ0n) is 12.4. The number of aryl methyl sites for hydroxylation is 1. The molecule has 1 amide bonds. The summed E-state index contributed by atoms with van der Waals surface area (Å²) in [7, 11) is 0. The Kier molecular flexibility index (Phi) is 4.63. The Balaban J connectivity index is 2.22. The highest BCUT2D eigenvalue weighted by Gasteiger charge is 2.42. The highest BCUT2D eigenvalue weighted by Crippen LogP contribution is 2.34. The van der Waals surface area contributed by atoms with Gasteiger partial charge in [-0.1, -0.05) is 6.07 Å². The number of ether oxygens (including phenoxy) is 1. The van der Waals surface area contributed by atoms with E-state index >= 15 is 0 Å². The van der Waals surface area contributed by atoms with Gasteiger partial charge in [-0.15, -0.1) is 0 Å². The molecule has 2 rings (SSSR count). The first-order chi connectivity index (χ1) is 9.98. The Morgan fingerprint density at radius 3 is 2.57 bits per heavy atom. The van der Waals surface area contributed by atoms with Crippen LogP contribution in [-0.2, 0) is 9.53 Å². The maximum absolute atomic E-state index is 12.6. The van der Waals surface area contributed by atoms with Crippen LogP contribution >= 0.6 is 0 Å². The van der Waals surface area contributed by atoms with E-state index < -0.39 is 11.6 Å². The number of carboxylic acid groups (broad SMARTS) is 1. The lowest BCUT2D eigenvalue weighted by Crippen LogP contribution is -2.43. The van der Waals surface area contributed by atoms with E-state index in [1.807, 2.05) is 13.8 Å². The molecule has 1 fully saturated rings. The molecule has 1 aromatic carbocycles. The topological polar surface area (TPSA) is 75.6 Å². The molecular weight excluding hydrogens is 270 g/mol. The van der Waals surface area contributed by atoms with Crippen LogP contribution in [0.5, 0.6) is 0 Å². The highest BCUT2D eigenvalue weighted by molar-refractivity contribution is 5.99. The minimum absolute atomic E-state index is 0.160. The van der Waals surface area contributed by atoms with E-state index in [-0.39, 0.29) is 11.5 Å². The van der Waals surface area contributed by atoms with Gasteiger partial charge in [0, 0.05) is 12.3 Å². The standard InChI is InChI=1S/C16H21NO4/c1-3-21-16(8-4-5-9-16)15(20)17-13-10-12(14(18)19)7-6-11(13)2/h6-7,10H,3-5,8-9H2,1-2H3,(H,17,20)(H,18,19). The van der Waals surface area contributed by atoms with E-state index in [2.05, 4.69) is 5.32 Å². The summed E-state index contributed by atoms with van der Waals surface area (Å²) in [6.07, 6.45) is 3.37. The van der Waals surface area contributed by atoms with Crippen molar-refractivity contribution in [1.82, 2.24) is 0 Å². The first kappa shape index (κ1) is 15.5. The molecule has 1 aromatic rings. The van der Waals surface area contributed by atoms with Gasteiger partial charge >= 0.3 is 5.97 Å². The van der Waals surface area contributed by atoms with Crippen molar-refractivity contribution in [3.63, 3.8) is 0 Å². The monoisotopic (exact) mass is 291 g/mol. The zero-order chi connectivity index (χ0) is 15.5. The van der Waals surface area contributed by atoms with Crippen molar-refractivity contribution < 1.29 is 19.4 Å². The summed E-state index contributed by atoms with van der Waals surface area (Å²) in [5, 5.41) is 11.9. The van der Waals surface area contributed by atoms with Crippen molar-refractivity contribution in [3.05, 3.63) is 29.3 Å². The number of aromatic carboxylic acids is 1. The Morgan fingerprint density at radius 1 is 1.33 bits per heavy atom. The fourth-order valence-electron chi connectivity index (χ4n) is 2.79. The maximum atomic E-state index is 12.6. The Labute approximate surface area is 124 Å². The summed E-state index contributed by atoms with van der Waals surface area (Å²) in [6, 6.07) is 4.71. The number of nitrogens with one attached hydrogen (secondary N) is 1. The number of carboxylic acids is 1. The molecule has 5 heteroatoms. The van der Waals surface area contributed by atoms with Crippen LogP contribution in [-0.4, -0.2) is 29.2 Å². The van der Waals surface area contributed by atoms with Crippen molar-refractivity contribution >= 4 is 17.6 Å².